The van der Waals surface area contributed by atoms with Crippen LogP contribution >= 0.6 is 0 Å². The molecule has 5 N–H and O–H groups in total. The minimum atomic E-state index is -1.02. The highest BCUT2D eigenvalue weighted by Gasteiger charge is 2.29. The fraction of sp³-hybridized carbons (Fsp3) is 0.207. The van der Waals surface area contributed by atoms with Crippen LogP contribution in [0.5, 0.6) is 5.75 Å². The summed E-state index contributed by atoms with van der Waals surface area (Å²) in [5.41, 5.74) is 8.83. The van der Waals surface area contributed by atoms with Gasteiger partial charge in [0, 0.05) is 18.8 Å². The van der Waals surface area contributed by atoms with Gasteiger partial charge in [0.2, 0.25) is 0 Å². The van der Waals surface area contributed by atoms with E-state index in [-0.39, 0.29) is 23.5 Å². The molecule has 0 saturated heterocycles. The van der Waals surface area contributed by atoms with Gasteiger partial charge < -0.3 is 26.2 Å². The third-order valence-corrected chi connectivity index (χ3v) is 7.49. The quantitative estimate of drug-likeness (QED) is 0.251. The molecule has 43 heavy (non-hydrogen) atoms. The molecule has 4 aromatic rings. The average Bonchev–Trinajstić information content (AvgIpc) is 3.67. The molecule has 2 aromatic heterocycles. The van der Waals surface area contributed by atoms with E-state index in [1.54, 1.807) is 36.0 Å². The molecular formula is C29H25FN8O5. The van der Waals surface area contributed by atoms with Gasteiger partial charge in [-0.25, -0.2) is 19.2 Å². The summed E-state index contributed by atoms with van der Waals surface area (Å²) in [6.07, 6.45) is 3.33. The van der Waals surface area contributed by atoms with Gasteiger partial charge in [-0.2, -0.15) is 0 Å². The summed E-state index contributed by atoms with van der Waals surface area (Å²) in [4.78, 5) is 45.9. The second-order valence-electron chi connectivity index (χ2n) is 10.0. The maximum atomic E-state index is 14.5. The summed E-state index contributed by atoms with van der Waals surface area (Å²) in [6.45, 7) is 2.12. The van der Waals surface area contributed by atoms with Crippen LogP contribution in [0.25, 0.3) is 11.5 Å². The number of fused-ring (bicyclic) bond motifs is 4. The van der Waals surface area contributed by atoms with Gasteiger partial charge >= 0.3 is 5.97 Å². The molecular weight excluding hydrogens is 559 g/mol. The lowest BCUT2D eigenvalue weighted by molar-refractivity contribution is 0.0695. The molecule has 0 radical (unpaired) electrons. The summed E-state index contributed by atoms with van der Waals surface area (Å²) in [7, 11) is 0. The Kier molecular flexibility index (Phi) is 7.01. The number of nitrogens with two attached hydrogens (primary N) is 1. The van der Waals surface area contributed by atoms with Crippen molar-refractivity contribution in [3.8, 4) is 11.4 Å². The van der Waals surface area contributed by atoms with Crippen molar-refractivity contribution in [2.45, 2.75) is 39.0 Å². The van der Waals surface area contributed by atoms with Crippen LogP contribution in [-0.4, -0.2) is 47.6 Å². The normalized spacial score (nSPS) is 15.1. The van der Waals surface area contributed by atoms with Crippen LogP contribution < -0.4 is 21.1 Å². The summed E-state index contributed by atoms with van der Waals surface area (Å²) in [5, 5.41) is 22.9. The van der Waals surface area contributed by atoms with Crippen molar-refractivity contribution in [3.05, 3.63) is 99.8 Å². The van der Waals surface area contributed by atoms with Crippen molar-refractivity contribution in [2.24, 2.45) is 5.73 Å². The molecule has 0 bridgehead atoms. The Labute approximate surface area is 243 Å². The number of ether oxygens (including phenoxy) is 1. The predicted octanol–water partition coefficient (Wildman–Crippen LogP) is 2.53. The number of benzene rings is 2. The molecule has 13 nitrogen and oxygen atoms in total. The second kappa shape index (κ2) is 11.0. The van der Waals surface area contributed by atoms with Gasteiger partial charge in [0.15, 0.2) is 17.5 Å². The fourth-order valence-corrected chi connectivity index (χ4v) is 5.31. The Morgan fingerprint density at radius 2 is 1.95 bits per heavy atom. The number of halogens is 1. The lowest BCUT2D eigenvalue weighted by Crippen LogP contribution is -2.30. The standard InChI is InChI=1S/C29H25FN8O5/c1-14-16-5-6-20(18(16)4-3-17(14)29(41)42)36-28(40)22-9-21(34-26(35-22)19(30)10-31)27(39)32-11-15-2-7-24-23(8-15)38-13-33-37-25(38)12-43-24/h2-4,7-10,13,20H,5-6,11-12,31H2,1H3,(H,32,39)(H,36,40)(H,41,42)/b19-10+. The van der Waals surface area contributed by atoms with E-state index in [0.29, 0.717) is 42.8 Å². The van der Waals surface area contributed by atoms with Crippen molar-refractivity contribution < 1.29 is 28.6 Å². The summed E-state index contributed by atoms with van der Waals surface area (Å²) in [6, 6.07) is 9.33. The van der Waals surface area contributed by atoms with Gasteiger partial charge in [-0.05, 0) is 60.2 Å². The van der Waals surface area contributed by atoms with Gasteiger partial charge in [0.25, 0.3) is 11.8 Å². The van der Waals surface area contributed by atoms with E-state index in [9.17, 15) is 23.9 Å². The van der Waals surface area contributed by atoms with E-state index in [1.807, 2.05) is 6.07 Å². The van der Waals surface area contributed by atoms with Crippen LogP contribution in [0.1, 0.15) is 77.7 Å². The molecule has 1 aliphatic heterocycles. The fourth-order valence-electron chi connectivity index (χ4n) is 5.31. The number of carboxylic acid groups (broad SMARTS) is 1. The first kappa shape index (κ1) is 27.5. The number of hydrogen-bond donors (Lipinski definition) is 4. The van der Waals surface area contributed by atoms with Gasteiger partial charge in [0.05, 0.1) is 17.3 Å². The summed E-state index contributed by atoms with van der Waals surface area (Å²) >= 11 is 0. The lowest BCUT2D eigenvalue weighted by atomic mass is 9.98. The highest BCUT2D eigenvalue weighted by molar-refractivity contribution is 5.98. The number of carboxylic acids is 1. The van der Waals surface area contributed by atoms with E-state index in [0.717, 1.165) is 22.4 Å². The highest BCUT2D eigenvalue weighted by atomic mass is 19.1. The van der Waals surface area contributed by atoms with Crippen molar-refractivity contribution in [1.82, 2.24) is 35.4 Å². The molecule has 218 valence electrons. The molecule has 1 atom stereocenters. The zero-order valence-electron chi connectivity index (χ0n) is 22.8. The van der Waals surface area contributed by atoms with Gasteiger partial charge in [-0.1, -0.05) is 12.1 Å². The molecule has 3 heterocycles. The molecule has 6 rings (SSSR count). The third-order valence-electron chi connectivity index (χ3n) is 7.49. The van der Waals surface area contributed by atoms with Gasteiger partial charge in [-0.3, -0.25) is 14.2 Å². The number of aromatic nitrogens is 5. The van der Waals surface area contributed by atoms with Crippen LogP contribution in [0.4, 0.5) is 4.39 Å². The zero-order chi connectivity index (χ0) is 30.2. The van der Waals surface area contributed by atoms with E-state index < -0.39 is 35.5 Å². The smallest absolute Gasteiger partial charge is 0.335 e. The molecule has 2 aromatic carbocycles. The Hall–Kier alpha value is -5.66. The van der Waals surface area contributed by atoms with Crippen molar-refractivity contribution in [3.63, 3.8) is 0 Å². The molecule has 0 saturated carbocycles. The zero-order valence-corrected chi connectivity index (χ0v) is 22.8. The van der Waals surface area contributed by atoms with Crippen molar-refractivity contribution in [2.75, 3.05) is 0 Å². The molecule has 1 aliphatic carbocycles. The minimum Gasteiger partial charge on any atom is -0.483 e. The number of hydrogen-bond acceptors (Lipinski definition) is 9. The highest BCUT2D eigenvalue weighted by Crippen LogP contribution is 2.35. The Bertz CT molecular complexity index is 1840. The van der Waals surface area contributed by atoms with E-state index in [4.69, 9.17) is 10.5 Å². The first-order valence-electron chi connectivity index (χ1n) is 13.3. The number of nitrogens with zero attached hydrogens (tertiary/aromatic N) is 5. The number of amides is 2. The molecule has 2 amide bonds. The average molecular weight is 585 g/mol. The maximum absolute atomic E-state index is 14.5. The lowest BCUT2D eigenvalue weighted by Gasteiger charge is -2.19. The molecule has 2 aliphatic rings. The summed E-state index contributed by atoms with van der Waals surface area (Å²) < 4.78 is 22.0. The Morgan fingerprint density at radius 1 is 1.16 bits per heavy atom. The number of carbonyl (C=O) groups excluding carboxylic acids is 2. The number of aromatic carboxylic acids is 1. The third kappa shape index (κ3) is 5.14. The number of rotatable bonds is 7. The molecule has 14 heteroatoms. The SMILES string of the molecule is Cc1c(C(=O)O)ccc2c1CCC2NC(=O)c1cc(C(=O)NCc2ccc3c(c2)-n2cnnc2CO3)nc(/C(F)=C\N)n1. The van der Waals surface area contributed by atoms with Crippen LogP contribution in [-0.2, 0) is 19.6 Å². The van der Waals surface area contributed by atoms with Crippen molar-refractivity contribution >= 4 is 23.6 Å². The molecule has 0 spiro atoms. The second-order valence-corrected chi connectivity index (χ2v) is 10.0. The van der Waals surface area contributed by atoms with E-state index >= 15 is 0 Å². The maximum Gasteiger partial charge on any atom is 0.335 e. The minimum absolute atomic E-state index is 0.0934. The van der Waals surface area contributed by atoms with Gasteiger partial charge in [-0.15, -0.1) is 10.2 Å². The molecule has 1 unspecified atom stereocenters. The van der Waals surface area contributed by atoms with Crippen molar-refractivity contribution in [1.29, 1.82) is 0 Å². The first-order valence-corrected chi connectivity index (χ1v) is 13.3. The monoisotopic (exact) mass is 584 g/mol. The predicted molar refractivity (Wildman–Crippen MR) is 149 cm³/mol. The largest absolute Gasteiger partial charge is 0.483 e. The first-order chi connectivity index (χ1) is 20.7. The van der Waals surface area contributed by atoms with Crippen LogP contribution in [0.15, 0.2) is 48.9 Å². The van der Waals surface area contributed by atoms with Crippen LogP contribution in [0, 0.1) is 6.92 Å². The van der Waals surface area contributed by atoms with E-state index in [1.165, 1.54) is 12.1 Å². The van der Waals surface area contributed by atoms with Crippen LogP contribution in [0.3, 0.4) is 0 Å². The Morgan fingerprint density at radius 3 is 2.72 bits per heavy atom. The van der Waals surface area contributed by atoms with Gasteiger partial charge in [0.1, 0.15) is 30.1 Å². The summed E-state index contributed by atoms with van der Waals surface area (Å²) in [5.74, 6) is -2.57. The molecule has 0 fully saturated rings. The van der Waals surface area contributed by atoms with Crippen LogP contribution in [0.2, 0.25) is 0 Å². The number of nitrogens with one attached hydrogen (secondary N) is 2. The Balaban J connectivity index is 1.21. The topological polar surface area (TPSA) is 187 Å². The number of carbonyl (C=O) groups is 3. The van der Waals surface area contributed by atoms with E-state index in [2.05, 4.69) is 30.8 Å².